The normalized spacial score (nSPS) is 14.1. The summed E-state index contributed by atoms with van der Waals surface area (Å²) in [5, 5.41) is 41.8. The maximum atomic E-state index is 12.6. The number of hydrogen-bond donors (Lipinski definition) is 9. The minimum absolute atomic E-state index is 0.338. The molecule has 16 heteroatoms. The first kappa shape index (κ1) is 29.2. The summed E-state index contributed by atoms with van der Waals surface area (Å²) >= 11 is 0. The molecular weight excluding hydrogens is 450 g/mol. The molecule has 0 bridgehead atoms. The molecule has 0 rings (SSSR count). The quantitative estimate of drug-likeness (QED) is 0.101. The zero-order chi connectivity index (χ0) is 25.7. The van der Waals surface area contributed by atoms with E-state index in [4.69, 9.17) is 31.9 Å². The van der Waals surface area contributed by atoms with Crippen molar-refractivity contribution in [3.63, 3.8) is 0 Å². The predicted molar refractivity (Wildman–Crippen MR) is 106 cm³/mol. The van der Waals surface area contributed by atoms with Crippen molar-refractivity contribution in [1.29, 1.82) is 0 Å². The van der Waals surface area contributed by atoms with Crippen LogP contribution in [0, 0.1) is 0 Å². The fourth-order valence-corrected chi connectivity index (χ4v) is 2.37. The topological polar surface area (TPSA) is 289 Å². The molecule has 11 N–H and O–H groups in total. The predicted octanol–water partition coefficient (Wildman–Crippen LogP) is -4.55. The number of carboxylic acids is 3. The molecule has 0 aromatic heterocycles. The Morgan fingerprint density at radius 3 is 1.55 bits per heavy atom. The van der Waals surface area contributed by atoms with Gasteiger partial charge in [0.15, 0.2) is 0 Å². The summed E-state index contributed by atoms with van der Waals surface area (Å²) < 4.78 is 0. The molecule has 0 spiro atoms. The van der Waals surface area contributed by atoms with Crippen LogP contribution >= 0.6 is 0 Å². The number of nitrogens with two attached hydrogens (primary N) is 2. The van der Waals surface area contributed by atoms with Crippen molar-refractivity contribution in [3.8, 4) is 0 Å². The number of amides is 4. The summed E-state index contributed by atoms with van der Waals surface area (Å²) in [6, 6.07) is -6.39. The Labute approximate surface area is 186 Å². The van der Waals surface area contributed by atoms with Gasteiger partial charge in [0, 0.05) is 12.8 Å². The van der Waals surface area contributed by atoms with Crippen LogP contribution in [0.25, 0.3) is 0 Å². The largest absolute Gasteiger partial charge is 0.481 e. The Morgan fingerprint density at radius 1 is 0.697 bits per heavy atom. The van der Waals surface area contributed by atoms with Gasteiger partial charge >= 0.3 is 17.9 Å². The van der Waals surface area contributed by atoms with Crippen LogP contribution in [0.1, 0.15) is 32.1 Å². The molecular formula is C17H27N5O11. The summed E-state index contributed by atoms with van der Waals surface area (Å²) in [4.78, 5) is 80.9. The number of hydrogen-bond acceptors (Lipinski definition) is 9. The SMILES string of the molecule is NC(=O)CCC(NC(=O)C(N)CO)C(=O)NC(CCC(=O)O)C(=O)NC(CC(=O)O)C(=O)O. The van der Waals surface area contributed by atoms with Crippen LogP contribution in [0.5, 0.6) is 0 Å². The van der Waals surface area contributed by atoms with Crippen LogP contribution in [-0.2, 0) is 33.6 Å². The van der Waals surface area contributed by atoms with Crippen LogP contribution in [0.15, 0.2) is 0 Å². The Balaban J connectivity index is 5.60. The van der Waals surface area contributed by atoms with E-state index < -0.39 is 91.6 Å². The van der Waals surface area contributed by atoms with Gasteiger partial charge in [-0.05, 0) is 12.8 Å². The number of carboxylic acid groups (broad SMARTS) is 3. The third-order valence-corrected chi connectivity index (χ3v) is 4.12. The van der Waals surface area contributed by atoms with Gasteiger partial charge in [-0.25, -0.2) is 4.79 Å². The molecule has 0 aliphatic carbocycles. The van der Waals surface area contributed by atoms with Gasteiger partial charge < -0.3 is 47.8 Å². The van der Waals surface area contributed by atoms with E-state index in [2.05, 4.69) is 10.6 Å². The lowest BCUT2D eigenvalue weighted by atomic mass is 10.1. The van der Waals surface area contributed by atoms with E-state index in [0.717, 1.165) is 0 Å². The highest BCUT2D eigenvalue weighted by molar-refractivity contribution is 5.95. The molecule has 4 unspecified atom stereocenters. The second kappa shape index (κ2) is 14.3. The summed E-state index contributed by atoms with van der Waals surface area (Å²) in [7, 11) is 0. The number of primary amides is 1. The highest BCUT2D eigenvalue weighted by atomic mass is 16.4. The number of aliphatic carboxylic acids is 3. The fourth-order valence-electron chi connectivity index (χ4n) is 2.37. The minimum atomic E-state index is -1.87. The van der Waals surface area contributed by atoms with Crippen molar-refractivity contribution in [2.24, 2.45) is 11.5 Å². The lowest BCUT2D eigenvalue weighted by molar-refractivity contribution is -0.147. The Morgan fingerprint density at radius 2 is 1.15 bits per heavy atom. The van der Waals surface area contributed by atoms with Gasteiger partial charge in [0.2, 0.25) is 23.6 Å². The van der Waals surface area contributed by atoms with Gasteiger partial charge in [-0.15, -0.1) is 0 Å². The van der Waals surface area contributed by atoms with Crippen LogP contribution in [0.2, 0.25) is 0 Å². The Kier molecular flexibility index (Phi) is 12.7. The molecule has 0 radical (unpaired) electrons. The standard InChI is InChI=1S/C17H27N5O11/c18-7(6-23)14(29)20-8(1-3-11(19)24)15(30)21-9(2-4-12(25)26)16(31)22-10(17(32)33)5-13(27)28/h7-10,23H,1-6,18H2,(H2,19,24)(H,20,29)(H,21,30)(H,22,31)(H,25,26)(H,27,28)(H,32,33). The van der Waals surface area contributed by atoms with E-state index in [-0.39, 0.29) is 12.8 Å². The van der Waals surface area contributed by atoms with Gasteiger partial charge in [-0.2, -0.15) is 0 Å². The average molecular weight is 477 g/mol. The first-order valence-corrected chi connectivity index (χ1v) is 9.50. The smallest absolute Gasteiger partial charge is 0.326 e. The van der Waals surface area contributed by atoms with E-state index in [0.29, 0.717) is 0 Å². The van der Waals surface area contributed by atoms with Crippen LogP contribution < -0.4 is 27.4 Å². The molecule has 0 saturated heterocycles. The summed E-state index contributed by atoms with van der Waals surface area (Å²) in [6.07, 6.45) is -2.85. The molecule has 16 nitrogen and oxygen atoms in total. The van der Waals surface area contributed by atoms with Crippen molar-refractivity contribution >= 4 is 41.5 Å². The number of nitrogens with one attached hydrogen (secondary N) is 3. The average Bonchev–Trinajstić information content (AvgIpc) is 2.71. The number of carbonyl (C=O) groups excluding carboxylic acids is 4. The minimum Gasteiger partial charge on any atom is -0.481 e. The highest BCUT2D eigenvalue weighted by Gasteiger charge is 2.31. The number of carbonyl (C=O) groups is 7. The molecule has 33 heavy (non-hydrogen) atoms. The Bertz CT molecular complexity index is 772. The number of aliphatic hydroxyl groups excluding tert-OH is 1. The van der Waals surface area contributed by atoms with Crippen molar-refractivity contribution in [2.75, 3.05) is 6.61 Å². The van der Waals surface area contributed by atoms with Crippen LogP contribution in [0.4, 0.5) is 0 Å². The summed E-state index contributed by atoms with van der Waals surface area (Å²) in [5.41, 5.74) is 10.4. The van der Waals surface area contributed by atoms with Gasteiger partial charge in [0.05, 0.1) is 13.0 Å². The molecule has 0 aromatic rings. The first-order valence-electron chi connectivity index (χ1n) is 9.50. The zero-order valence-electron chi connectivity index (χ0n) is 17.4. The molecule has 0 aliphatic heterocycles. The van der Waals surface area contributed by atoms with Gasteiger partial charge in [0.1, 0.15) is 24.2 Å². The van der Waals surface area contributed by atoms with Crippen LogP contribution in [0.3, 0.4) is 0 Å². The van der Waals surface area contributed by atoms with Gasteiger partial charge in [-0.1, -0.05) is 0 Å². The van der Waals surface area contributed by atoms with Crippen molar-refractivity contribution < 1.29 is 54.0 Å². The second-order valence-electron chi connectivity index (χ2n) is 6.85. The molecule has 0 fully saturated rings. The second-order valence-corrected chi connectivity index (χ2v) is 6.85. The van der Waals surface area contributed by atoms with E-state index in [9.17, 15) is 33.6 Å². The lowest BCUT2D eigenvalue weighted by Crippen LogP contribution is -2.57. The van der Waals surface area contributed by atoms with E-state index in [1.54, 1.807) is 0 Å². The third kappa shape index (κ3) is 12.0. The number of aliphatic hydroxyl groups is 1. The molecule has 4 atom stereocenters. The van der Waals surface area contributed by atoms with Gasteiger partial charge in [0.25, 0.3) is 0 Å². The maximum absolute atomic E-state index is 12.6. The highest BCUT2D eigenvalue weighted by Crippen LogP contribution is 2.05. The van der Waals surface area contributed by atoms with E-state index >= 15 is 0 Å². The lowest BCUT2D eigenvalue weighted by Gasteiger charge is -2.24. The van der Waals surface area contributed by atoms with Gasteiger partial charge in [-0.3, -0.25) is 28.8 Å². The van der Waals surface area contributed by atoms with Crippen molar-refractivity contribution in [3.05, 3.63) is 0 Å². The first-order chi connectivity index (χ1) is 15.3. The summed E-state index contributed by atoms with van der Waals surface area (Å²) in [6.45, 7) is -0.764. The molecule has 186 valence electrons. The van der Waals surface area contributed by atoms with Crippen LogP contribution in [-0.4, -0.2) is 92.7 Å². The summed E-state index contributed by atoms with van der Waals surface area (Å²) in [5.74, 6) is -8.62. The fraction of sp³-hybridized carbons (Fsp3) is 0.588. The number of rotatable bonds is 16. The maximum Gasteiger partial charge on any atom is 0.326 e. The Hall–Kier alpha value is -3.79. The zero-order valence-corrected chi connectivity index (χ0v) is 17.4. The molecule has 0 saturated carbocycles. The van der Waals surface area contributed by atoms with Crippen molar-refractivity contribution in [2.45, 2.75) is 56.3 Å². The molecule has 0 heterocycles. The van der Waals surface area contributed by atoms with E-state index in [1.807, 2.05) is 5.32 Å². The molecule has 0 aromatic carbocycles. The molecule has 4 amide bonds. The third-order valence-electron chi connectivity index (χ3n) is 4.12. The molecule has 0 aliphatic rings. The monoisotopic (exact) mass is 477 g/mol. The van der Waals surface area contributed by atoms with Crippen molar-refractivity contribution in [1.82, 2.24) is 16.0 Å². The van der Waals surface area contributed by atoms with E-state index in [1.165, 1.54) is 0 Å².